The molecule has 88 valence electrons. The average molecular weight is 224 g/mol. The van der Waals surface area contributed by atoms with Crippen LogP contribution in [0.3, 0.4) is 0 Å². The van der Waals surface area contributed by atoms with E-state index in [4.69, 9.17) is 0 Å². The fourth-order valence-electron chi connectivity index (χ4n) is 2.10. The normalized spacial score (nSPS) is 16.5. The maximum Gasteiger partial charge on any atom is -0.0227 e. The van der Waals surface area contributed by atoms with Crippen LogP contribution in [0.25, 0.3) is 5.57 Å². The third-order valence-electron chi connectivity index (χ3n) is 3.36. The maximum atomic E-state index is 2.30. The highest BCUT2D eigenvalue weighted by Crippen LogP contribution is 2.23. The van der Waals surface area contributed by atoms with Gasteiger partial charge in [0.25, 0.3) is 0 Å². The van der Waals surface area contributed by atoms with Crippen LogP contribution >= 0.6 is 0 Å². The highest BCUT2D eigenvalue weighted by Gasteiger charge is 2.02. The molecule has 0 nitrogen and oxygen atoms in total. The number of aryl methyl sites for hydroxylation is 1. The standard InChI is InChI=1S/C17H20/c1-13-8-10-16(11-9-13)15(3)12-17-7-5-4-6-14(17)2/h5,7-12H,4,6H2,1-3H3/b15-12+. The van der Waals surface area contributed by atoms with Gasteiger partial charge in [-0.25, -0.2) is 0 Å². The van der Waals surface area contributed by atoms with Crippen molar-refractivity contribution >= 4 is 5.57 Å². The maximum absolute atomic E-state index is 2.30. The van der Waals surface area contributed by atoms with Crippen LogP contribution in [0.4, 0.5) is 0 Å². The lowest BCUT2D eigenvalue weighted by Crippen LogP contribution is -1.90. The molecule has 0 radical (unpaired) electrons. The first-order chi connectivity index (χ1) is 8.16. The van der Waals surface area contributed by atoms with Gasteiger partial charge < -0.3 is 0 Å². The minimum Gasteiger partial charge on any atom is -0.0836 e. The van der Waals surface area contributed by atoms with Gasteiger partial charge in [-0.2, -0.15) is 0 Å². The Morgan fingerprint density at radius 3 is 2.47 bits per heavy atom. The van der Waals surface area contributed by atoms with E-state index in [9.17, 15) is 0 Å². The molecule has 0 heteroatoms. The molecule has 0 N–H and O–H groups in total. The molecule has 17 heavy (non-hydrogen) atoms. The van der Waals surface area contributed by atoms with Gasteiger partial charge >= 0.3 is 0 Å². The summed E-state index contributed by atoms with van der Waals surface area (Å²) in [5.74, 6) is 0. The number of hydrogen-bond donors (Lipinski definition) is 0. The summed E-state index contributed by atoms with van der Waals surface area (Å²) in [6.45, 7) is 6.55. The van der Waals surface area contributed by atoms with Crippen molar-refractivity contribution in [2.75, 3.05) is 0 Å². The lowest BCUT2D eigenvalue weighted by atomic mass is 9.95. The van der Waals surface area contributed by atoms with Crippen LogP contribution in [-0.4, -0.2) is 0 Å². The quantitative estimate of drug-likeness (QED) is 0.658. The zero-order valence-electron chi connectivity index (χ0n) is 11.0. The Labute approximate surface area is 104 Å². The lowest BCUT2D eigenvalue weighted by Gasteiger charge is -2.10. The third-order valence-corrected chi connectivity index (χ3v) is 3.36. The van der Waals surface area contributed by atoms with Crippen molar-refractivity contribution in [2.24, 2.45) is 0 Å². The molecule has 0 fully saturated rings. The molecule has 2 rings (SSSR count). The lowest BCUT2D eigenvalue weighted by molar-refractivity contribution is 0.948. The summed E-state index contributed by atoms with van der Waals surface area (Å²) in [4.78, 5) is 0. The van der Waals surface area contributed by atoms with E-state index in [-0.39, 0.29) is 0 Å². The molecule has 0 atom stereocenters. The molecule has 0 heterocycles. The third kappa shape index (κ3) is 2.97. The highest BCUT2D eigenvalue weighted by molar-refractivity contribution is 5.68. The zero-order valence-corrected chi connectivity index (χ0v) is 11.0. The van der Waals surface area contributed by atoms with Gasteiger partial charge in [0.2, 0.25) is 0 Å². The van der Waals surface area contributed by atoms with Gasteiger partial charge in [-0.1, -0.05) is 53.6 Å². The van der Waals surface area contributed by atoms with Crippen LogP contribution in [0.15, 0.2) is 53.6 Å². The molecule has 1 aromatic rings. The van der Waals surface area contributed by atoms with E-state index in [0.29, 0.717) is 0 Å². The molecule has 0 saturated carbocycles. The van der Waals surface area contributed by atoms with Crippen LogP contribution in [0, 0.1) is 6.92 Å². The van der Waals surface area contributed by atoms with Crippen molar-refractivity contribution in [1.82, 2.24) is 0 Å². The predicted molar refractivity (Wildman–Crippen MR) is 75.9 cm³/mol. The molecule has 0 aliphatic heterocycles. The Kier molecular flexibility index (Phi) is 3.63. The SMILES string of the molecule is CC1=C(/C=C(\C)c2ccc(C)cc2)C=CCC1. The van der Waals surface area contributed by atoms with Crippen molar-refractivity contribution in [3.8, 4) is 0 Å². The molecule has 0 spiro atoms. The Morgan fingerprint density at radius 2 is 1.82 bits per heavy atom. The number of hydrogen-bond acceptors (Lipinski definition) is 0. The minimum atomic E-state index is 1.19. The number of rotatable bonds is 2. The fourth-order valence-corrected chi connectivity index (χ4v) is 2.10. The van der Waals surface area contributed by atoms with Gasteiger partial charge in [-0.05, 0) is 50.3 Å². The molecule has 1 aromatic carbocycles. The first kappa shape index (κ1) is 11.9. The smallest absolute Gasteiger partial charge is 0.0227 e. The zero-order chi connectivity index (χ0) is 12.3. The van der Waals surface area contributed by atoms with Crippen LogP contribution < -0.4 is 0 Å². The van der Waals surface area contributed by atoms with Gasteiger partial charge in [0, 0.05) is 0 Å². The summed E-state index contributed by atoms with van der Waals surface area (Å²) in [5.41, 5.74) is 6.85. The van der Waals surface area contributed by atoms with E-state index in [1.54, 1.807) is 0 Å². The van der Waals surface area contributed by atoms with Crippen molar-refractivity contribution in [2.45, 2.75) is 33.6 Å². The molecular formula is C17H20. The van der Waals surface area contributed by atoms with Gasteiger partial charge in [-0.15, -0.1) is 0 Å². The summed E-state index contributed by atoms with van der Waals surface area (Å²) < 4.78 is 0. The minimum absolute atomic E-state index is 1.19. The highest BCUT2D eigenvalue weighted by atomic mass is 14.1. The van der Waals surface area contributed by atoms with Crippen LogP contribution in [0.5, 0.6) is 0 Å². The van der Waals surface area contributed by atoms with Crippen LogP contribution in [-0.2, 0) is 0 Å². The van der Waals surface area contributed by atoms with Gasteiger partial charge in [-0.3, -0.25) is 0 Å². The average Bonchev–Trinajstić information content (AvgIpc) is 2.33. The van der Waals surface area contributed by atoms with E-state index >= 15 is 0 Å². The summed E-state index contributed by atoms with van der Waals surface area (Å²) in [6, 6.07) is 8.74. The van der Waals surface area contributed by atoms with Crippen LogP contribution in [0.2, 0.25) is 0 Å². The van der Waals surface area contributed by atoms with Crippen molar-refractivity contribution in [3.63, 3.8) is 0 Å². The Morgan fingerprint density at radius 1 is 1.12 bits per heavy atom. The van der Waals surface area contributed by atoms with Crippen molar-refractivity contribution in [3.05, 3.63) is 64.8 Å². The monoisotopic (exact) mass is 224 g/mol. The second kappa shape index (κ2) is 5.18. The van der Waals surface area contributed by atoms with Crippen molar-refractivity contribution in [1.29, 1.82) is 0 Å². The molecule has 0 saturated heterocycles. The van der Waals surface area contributed by atoms with E-state index < -0.39 is 0 Å². The second-order valence-electron chi connectivity index (χ2n) is 4.87. The second-order valence-corrected chi connectivity index (χ2v) is 4.87. The Bertz CT molecular complexity index is 481. The van der Waals surface area contributed by atoms with Crippen molar-refractivity contribution < 1.29 is 0 Å². The first-order valence-electron chi connectivity index (χ1n) is 6.28. The molecule has 0 aromatic heterocycles. The van der Waals surface area contributed by atoms with Gasteiger partial charge in [0.15, 0.2) is 0 Å². The van der Waals surface area contributed by atoms with Crippen LogP contribution in [0.1, 0.15) is 37.8 Å². The Hall–Kier alpha value is -1.56. The summed E-state index contributed by atoms with van der Waals surface area (Å²) in [5, 5.41) is 0. The van der Waals surface area contributed by atoms with E-state index in [1.807, 2.05) is 0 Å². The predicted octanol–water partition coefficient (Wildman–Crippen LogP) is 5.06. The topological polar surface area (TPSA) is 0 Å². The molecule has 1 aliphatic rings. The number of allylic oxidation sites excluding steroid dienone is 6. The largest absolute Gasteiger partial charge is 0.0836 e. The fraction of sp³-hybridized carbons (Fsp3) is 0.294. The summed E-state index contributed by atoms with van der Waals surface area (Å²) in [6.07, 6.45) is 9.20. The van der Waals surface area contributed by atoms with E-state index in [1.165, 1.54) is 40.7 Å². The van der Waals surface area contributed by atoms with Gasteiger partial charge in [0.05, 0.1) is 0 Å². The summed E-state index contributed by atoms with van der Waals surface area (Å²) in [7, 11) is 0. The van der Waals surface area contributed by atoms with E-state index in [2.05, 4.69) is 63.3 Å². The Balaban J connectivity index is 2.28. The molecular weight excluding hydrogens is 204 g/mol. The first-order valence-corrected chi connectivity index (χ1v) is 6.28. The molecule has 0 bridgehead atoms. The molecule has 0 amide bonds. The molecule has 0 unspecified atom stereocenters. The van der Waals surface area contributed by atoms with Gasteiger partial charge in [0.1, 0.15) is 0 Å². The molecule has 1 aliphatic carbocycles. The summed E-state index contributed by atoms with van der Waals surface area (Å²) >= 11 is 0. The number of benzene rings is 1. The van der Waals surface area contributed by atoms with E-state index in [0.717, 1.165) is 0 Å².